The van der Waals surface area contributed by atoms with E-state index in [2.05, 4.69) is 5.10 Å². The third kappa shape index (κ3) is 2.45. The lowest BCUT2D eigenvalue weighted by atomic mass is 10.1. The van der Waals surface area contributed by atoms with Crippen LogP contribution in [-0.2, 0) is 10.3 Å². The Morgan fingerprint density at radius 1 is 1.45 bits per heavy atom. The van der Waals surface area contributed by atoms with E-state index in [1.165, 1.54) is 7.11 Å². The minimum Gasteiger partial charge on any atom is -0.465 e. The number of methoxy groups -OCH3 is 1. The van der Waals surface area contributed by atoms with Crippen LogP contribution in [0.3, 0.4) is 0 Å². The summed E-state index contributed by atoms with van der Waals surface area (Å²) < 4.78 is 6.51. The van der Waals surface area contributed by atoms with Gasteiger partial charge in [-0.15, -0.1) is 0 Å². The van der Waals surface area contributed by atoms with Crippen LogP contribution in [0.2, 0.25) is 0 Å². The van der Waals surface area contributed by atoms with Crippen molar-refractivity contribution >= 4 is 17.6 Å². The van der Waals surface area contributed by atoms with Crippen molar-refractivity contribution in [3.8, 4) is 0 Å². The number of rotatable bonds is 2. The smallest absolute Gasteiger partial charge is 0.345 e. The van der Waals surface area contributed by atoms with E-state index in [1.54, 1.807) is 4.68 Å². The largest absolute Gasteiger partial charge is 0.465 e. The van der Waals surface area contributed by atoms with Crippen LogP contribution in [-0.4, -0.2) is 42.0 Å². The van der Waals surface area contributed by atoms with E-state index in [0.29, 0.717) is 23.7 Å². The molecule has 2 rings (SSSR count). The van der Waals surface area contributed by atoms with Gasteiger partial charge in [0.05, 0.1) is 12.6 Å². The molecular formula is C13H23N5O2. The lowest BCUT2D eigenvalue weighted by Crippen LogP contribution is -2.28. The molecule has 1 atom stereocenters. The lowest BCUT2D eigenvalue weighted by molar-refractivity contribution is 0.0602. The topological polar surface area (TPSA) is 99.4 Å². The Hall–Kier alpha value is -1.76. The van der Waals surface area contributed by atoms with E-state index in [1.807, 2.05) is 25.7 Å². The third-order valence-electron chi connectivity index (χ3n) is 3.45. The first-order chi connectivity index (χ1) is 9.25. The second-order valence-electron chi connectivity index (χ2n) is 6.15. The Labute approximate surface area is 118 Å². The zero-order valence-electron chi connectivity index (χ0n) is 12.5. The standard InChI is InChI=1S/C13H23N5O2/c1-13(2,3)18-10(15)9(12(19)20-4)11(16-18)17-6-5-8(14)7-17/h8H,5-7,14-15H2,1-4H3. The monoisotopic (exact) mass is 281 g/mol. The second-order valence-corrected chi connectivity index (χ2v) is 6.15. The predicted molar refractivity (Wildman–Crippen MR) is 77.8 cm³/mol. The van der Waals surface area contributed by atoms with Crippen molar-refractivity contribution in [2.45, 2.75) is 38.8 Å². The van der Waals surface area contributed by atoms with Crippen molar-refractivity contribution in [2.75, 3.05) is 30.8 Å². The van der Waals surface area contributed by atoms with Crippen molar-refractivity contribution in [1.29, 1.82) is 0 Å². The van der Waals surface area contributed by atoms with Crippen LogP contribution in [0.15, 0.2) is 0 Å². The maximum absolute atomic E-state index is 12.0. The molecule has 1 aliphatic heterocycles. The Balaban J connectivity index is 2.52. The van der Waals surface area contributed by atoms with Crippen LogP contribution >= 0.6 is 0 Å². The van der Waals surface area contributed by atoms with Gasteiger partial charge in [-0.3, -0.25) is 0 Å². The maximum Gasteiger partial charge on any atom is 0.345 e. The van der Waals surface area contributed by atoms with Crippen LogP contribution < -0.4 is 16.4 Å². The van der Waals surface area contributed by atoms with E-state index in [0.717, 1.165) is 13.0 Å². The molecule has 1 aromatic rings. The fourth-order valence-corrected chi connectivity index (χ4v) is 2.43. The number of carbonyl (C=O) groups excluding carboxylic acids is 1. The summed E-state index contributed by atoms with van der Waals surface area (Å²) in [5.41, 5.74) is 12.1. The highest BCUT2D eigenvalue weighted by molar-refractivity contribution is 6.00. The number of hydrogen-bond acceptors (Lipinski definition) is 6. The third-order valence-corrected chi connectivity index (χ3v) is 3.45. The van der Waals surface area contributed by atoms with Gasteiger partial charge in [0.1, 0.15) is 11.4 Å². The van der Waals surface area contributed by atoms with Crippen molar-refractivity contribution in [3.05, 3.63) is 5.56 Å². The molecule has 0 saturated carbocycles. The molecule has 1 aromatic heterocycles. The minimum absolute atomic E-state index is 0.0986. The molecule has 1 unspecified atom stereocenters. The summed E-state index contributed by atoms with van der Waals surface area (Å²) in [6, 6.07) is 0.0986. The number of nitrogens with zero attached hydrogens (tertiary/aromatic N) is 3. The number of nitrogen functional groups attached to an aromatic ring is 1. The molecule has 4 N–H and O–H groups in total. The summed E-state index contributed by atoms with van der Waals surface area (Å²) in [5.74, 6) is 0.436. The molecule has 7 heteroatoms. The molecule has 2 heterocycles. The number of hydrogen-bond donors (Lipinski definition) is 2. The summed E-state index contributed by atoms with van der Waals surface area (Å²) in [5, 5.41) is 4.53. The Bertz CT molecular complexity index is 518. The number of carbonyl (C=O) groups is 1. The fraction of sp³-hybridized carbons (Fsp3) is 0.692. The van der Waals surface area contributed by atoms with Crippen molar-refractivity contribution in [2.24, 2.45) is 5.73 Å². The Kier molecular flexibility index (Phi) is 3.64. The summed E-state index contributed by atoms with van der Waals surface area (Å²) in [6.45, 7) is 7.39. The van der Waals surface area contributed by atoms with Gasteiger partial charge in [0.2, 0.25) is 0 Å². The molecule has 0 bridgehead atoms. The van der Waals surface area contributed by atoms with E-state index < -0.39 is 5.97 Å². The number of anilines is 2. The predicted octanol–water partition coefficient (Wildman–Crippen LogP) is 0.544. The highest BCUT2D eigenvalue weighted by Crippen LogP contribution is 2.31. The molecule has 0 radical (unpaired) electrons. The number of esters is 1. The first-order valence-corrected chi connectivity index (χ1v) is 6.73. The average molecular weight is 281 g/mol. The summed E-state index contributed by atoms with van der Waals surface area (Å²) in [6.07, 6.45) is 0.878. The molecule has 0 spiro atoms. The average Bonchev–Trinajstić information content (AvgIpc) is 2.91. The fourth-order valence-electron chi connectivity index (χ4n) is 2.43. The van der Waals surface area contributed by atoms with Crippen molar-refractivity contribution < 1.29 is 9.53 Å². The zero-order valence-corrected chi connectivity index (χ0v) is 12.5. The summed E-state index contributed by atoms with van der Waals surface area (Å²) in [7, 11) is 1.34. The molecule has 0 aromatic carbocycles. The van der Waals surface area contributed by atoms with Crippen LogP contribution in [0.5, 0.6) is 0 Å². The molecule has 0 amide bonds. The van der Waals surface area contributed by atoms with Crippen LogP contribution in [0, 0.1) is 0 Å². The van der Waals surface area contributed by atoms with E-state index >= 15 is 0 Å². The number of nitrogens with two attached hydrogens (primary N) is 2. The van der Waals surface area contributed by atoms with Gasteiger partial charge in [0, 0.05) is 19.1 Å². The van der Waals surface area contributed by atoms with Crippen molar-refractivity contribution in [3.63, 3.8) is 0 Å². The molecule has 1 fully saturated rings. The molecule has 0 aliphatic carbocycles. The molecule has 112 valence electrons. The van der Waals surface area contributed by atoms with E-state index in [-0.39, 0.29) is 11.6 Å². The molecule has 20 heavy (non-hydrogen) atoms. The SMILES string of the molecule is COC(=O)c1c(N2CCC(N)C2)nn(C(C)(C)C)c1N. The van der Waals surface area contributed by atoms with Crippen LogP contribution in [0.1, 0.15) is 37.6 Å². The van der Waals surface area contributed by atoms with Crippen LogP contribution in [0.4, 0.5) is 11.6 Å². The number of aromatic nitrogens is 2. The zero-order chi connectivity index (χ0) is 15.1. The molecule has 7 nitrogen and oxygen atoms in total. The van der Waals surface area contributed by atoms with Gasteiger partial charge in [0.25, 0.3) is 0 Å². The van der Waals surface area contributed by atoms with Gasteiger partial charge in [-0.2, -0.15) is 5.10 Å². The first kappa shape index (κ1) is 14.6. The number of ether oxygens (including phenoxy) is 1. The first-order valence-electron chi connectivity index (χ1n) is 6.73. The van der Waals surface area contributed by atoms with Gasteiger partial charge < -0.3 is 21.1 Å². The minimum atomic E-state index is -0.464. The van der Waals surface area contributed by atoms with Crippen LogP contribution in [0.25, 0.3) is 0 Å². The van der Waals surface area contributed by atoms with Gasteiger partial charge in [-0.25, -0.2) is 9.48 Å². The Morgan fingerprint density at radius 2 is 2.10 bits per heavy atom. The summed E-state index contributed by atoms with van der Waals surface area (Å²) in [4.78, 5) is 14.0. The quantitative estimate of drug-likeness (QED) is 0.768. The highest BCUT2D eigenvalue weighted by atomic mass is 16.5. The second kappa shape index (κ2) is 4.97. The maximum atomic E-state index is 12.0. The van der Waals surface area contributed by atoms with Gasteiger partial charge >= 0.3 is 5.97 Å². The normalized spacial score (nSPS) is 19.4. The summed E-state index contributed by atoms with van der Waals surface area (Å²) >= 11 is 0. The highest BCUT2D eigenvalue weighted by Gasteiger charge is 2.32. The molecule has 1 aliphatic rings. The molecular weight excluding hydrogens is 258 g/mol. The van der Waals surface area contributed by atoms with E-state index in [9.17, 15) is 4.79 Å². The Morgan fingerprint density at radius 3 is 2.55 bits per heavy atom. The van der Waals surface area contributed by atoms with Gasteiger partial charge in [-0.05, 0) is 27.2 Å². The van der Waals surface area contributed by atoms with Crippen molar-refractivity contribution in [1.82, 2.24) is 9.78 Å². The molecule has 1 saturated heterocycles. The van der Waals surface area contributed by atoms with E-state index in [4.69, 9.17) is 16.2 Å². The lowest BCUT2D eigenvalue weighted by Gasteiger charge is -2.21. The van der Waals surface area contributed by atoms with Gasteiger partial charge in [-0.1, -0.05) is 0 Å². The van der Waals surface area contributed by atoms with Gasteiger partial charge in [0.15, 0.2) is 5.82 Å².